The SMILES string of the molecule is C[C@@H](SCc1ccccc1)C(=O)N(C)Cc1cccc(C#N)c1. The van der Waals surface area contributed by atoms with Crippen LogP contribution in [0.1, 0.15) is 23.6 Å². The lowest BCUT2D eigenvalue weighted by Gasteiger charge is -2.21. The summed E-state index contributed by atoms with van der Waals surface area (Å²) in [5.74, 6) is 0.930. The number of nitriles is 1. The van der Waals surface area contributed by atoms with E-state index in [-0.39, 0.29) is 11.2 Å². The molecule has 23 heavy (non-hydrogen) atoms. The second-order valence-electron chi connectivity index (χ2n) is 5.45. The minimum atomic E-state index is -0.0978. The molecule has 1 atom stereocenters. The van der Waals surface area contributed by atoms with E-state index in [9.17, 15) is 4.79 Å². The highest BCUT2D eigenvalue weighted by Gasteiger charge is 2.18. The van der Waals surface area contributed by atoms with Gasteiger partial charge >= 0.3 is 0 Å². The van der Waals surface area contributed by atoms with Gasteiger partial charge in [0.25, 0.3) is 0 Å². The highest BCUT2D eigenvalue weighted by molar-refractivity contribution is 7.99. The first-order valence-electron chi connectivity index (χ1n) is 7.49. The molecule has 0 N–H and O–H groups in total. The molecule has 0 aliphatic carbocycles. The van der Waals surface area contributed by atoms with Gasteiger partial charge in [0.2, 0.25) is 5.91 Å². The standard InChI is InChI=1S/C19H20N2OS/c1-15(23-14-16-7-4-3-5-8-16)19(22)21(2)13-18-10-6-9-17(11-18)12-20/h3-11,15H,13-14H2,1-2H3/t15-/m1/s1. The van der Waals surface area contributed by atoms with E-state index < -0.39 is 0 Å². The molecule has 2 aromatic carbocycles. The van der Waals surface area contributed by atoms with Crippen LogP contribution in [0.4, 0.5) is 0 Å². The van der Waals surface area contributed by atoms with Crippen molar-refractivity contribution < 1.29 is 4.79 Å². The number of thioether (sulfide) groups is 1. The fraction of sp³-hybridized carbons (Fsp3) is 0.263. The second-order valence-corrected chi connectivity index (χ2v) is 6.77. The van der Waals surface area contributed by atoms with Gasteiger partial charge in [-0.15, -0.1) is 11.8 Å². The summed E-state index contributed by atoms with van der Waals surface area (Å²) in [5, 5.41) is 8.84. The van der Waals surface area contributed by atoms with E-state index in [1.807, 2.05) is 43.3 Å². The molecule has 0 aromatic heterocycles. The summed E-state index contributed by atoms with van der Waals surface area (Å²) in [6, 6.07) is 19.7. The minimum absolute atomic E-state index is 0.0978. The average molecular weight is 324 g/mol. The summed E-state index contributed by atoms with van der Waals surface area (Å²) in [6.45, 7) is 2.46. The van der Waals surface area contributed by atoms with Gasteiger partial charge in [0.15, 0.2) is 0 Å². The van der Waals surface area contributed by atoms with Crippen molar-refractivity contribution in [2.24, 2.45) is 0 Å². The van der Waals surface area contributed by atoms with E-state index in [0.29, 0.717) is 12.1 Å². The summed E-state index contributed by atoms with van der Waals surface area (Å²) >= 11 is 1.64. The molecule has 0 heterocycles. The molecule has 2 aromatic rings. The van der Waals surface area contributed by atoms with Gasteiger partial charge in [-0.3, -0.25) is 4.79 Å². The number of rotatable bonds is 6. The first-order valence-corrected chi connectivity index (χ1v) is 8.54. The van der Waals surface area contributed by atoms with Crippen molar-refractivity contribution in [3.63, 3.8) is 0 Å². The van der Waals surface area contributed by atoms with E-state index in [0.717, 1.165) is 11.3 Å². The third-order valence-corrected chi connectivity index (χ3v) is 4.74. The average Bonchev–Trinajstić information content (AvgIpc) is 2.60. The zero-order chi connectivity index (χ0) is 16.7. The maximum absolute atomic E-state index is 12.5. The van der Waals surface area contributed by atoms with Crippen molar-refractivity contribution in [2.45, 2.75) is 24.5 Å². The van der Waals surface area contributed by atoms with Gasteiger partial charge in [-0.2, -0.15) is 5.26 Å². The molecular formula is C19H20N2OS. The van der Waals surface area contributed by atoms with Gasteiger partial charge in [0.05, 0.1) is 16.9 Å². The van der Waals surface area contributed by atoms with Crippen LogP contribution >= 0.6 is 11.8 Å². The smallest absolute Gasteiger partial charge is 0.235 e. The molecule has 0 unspecified atom stereocenters. The van der Waals surface area contributed by atoms with E-state index in [1.54, 1.807) is 29.8 Å². The number of hydrogen-bond acceptors (Lipinski definition) is 3. The lowest BCUT2D eigenvalue weighted by molar-refractivity contribution is -0.129. The van der Waals surface area contributed by atoms with Gasteiger partial charge in [0.1, 0.15) is 0 Å². The monoisotopic (exact) mass is 324 g/mol. The Morgan fingerprint density at radius 1 is 1.17 bits per heavy atom. The Morgan fingerprint density at radius 2 is 1.87 bits per heavy atom. The Labute approximate surface area is 141 Å². The highest BCUT2D eigenvalue weighted by atomic mass is 32.2. The van der Waals surface area contributed by atoms with Gasteiger partial charge in [-0.05, 0) is 30.2 Å². The fourth-order valence-corrected chi connectivity index (χ4v) is 3.23. The van der Waals surface area contributed by atoms with Crippen molar-refractivity contribution in [3.05, 3.63) is 71.3 Å². The normalized spacial score (nSPS) is 11.5. The Hall–Kier alpha value is -2.25. The van der Waals surface area contributed by atoms with Crippen LogP contribution in [0.5, 0.6) is 0 Å². The summed E-state index contributed by atoms with van der Waals surface area (Å²) in [6.07, 6.45) is 0. The highest BCUT2D eigenvalue weighted by Crippen LogP contribution is 2.19. The summed E-state index contributed by atoms with van der Waals surface area (Å²) in [5.41, 5.74) is 2.82. The van der Waals surface area contributed by atoms with E-state index in [2.05, 4.69) is 18.2 Å². The molecule has 4 heteroatoms. The van der Waals surface area contributed by atoms with Crippen LogP contribution in [0.2, 0.25) is 0 Å². The summed E-state index contributed by atoms with van der Waals surface area (Å²) < 4.78 is 0. The van der Waals surface area contributed by atoms with Gasteiger partial charge in [0, 0.05) is 19.3 Å². The minimum Gasteiger partial charge on any atom is -0.340 e. The third-order valence-electron chi connectivity index (χ3n) is 3.54. The van der Waals surface area contributed by atoms with Crippen LogP contribution in [-0.2, 0) is 17.1 Å². The fourth-order valence-electron chi connectivity index (χ4n) is 2.27. The Bertz CT molecular complexity index is 694. The molecule has 0 fully saturated rings. The quantitative estimate of drug-likeness (QED) is 0.811. The van der Waals surface area contributed by atoms with E-state index in [4.69, 9.17) is 5.26 Å². The number of carbonyl (C=O) groups is 1. The van der Waals surface area contributed by atoms with Crippen LogP contribution in [0.3, 0.4) is 0 Å². The first kappa shape index (κ1) is 17.1. The molecule has 1 amide bonds. The lowest BCUT2D eigenvalue weighted by Crippen LogP contribution is -2.32. The van der Waals surface area contributed by atoms with Crippen LogP contribution in [0.25, 0.3) is 0 Å². The Balaban J connectivity index is 1.89. The van der Waals surface area contributed by atoms with E-state index >= 15 is 0 Å². The topological polar surface area (TPSA) is 44.1 Å². The van der Waals surface area contributed by atoms with Crippen molar-refractivity contribution in [3.8, 4) is 6.07 Å². The number of nitrogens with zero attached hydrogens (tertiary/aromatic N) is 2. The molecule has 0 aliphatic heterocycles. The predicted molar refractivity (Wildman–Crippen MR) is 94.8 cm³/mol. The molecule has 0 aliphatic rings. The first-order chi connectivity index (χ1) is 11.1. The van der Waals surface area contributed by atoms with Crippen LogP contribution in [0.15, 0.2) is 54.6 Å². The molecule has 0 spiro atoms. The molecular weight excluding hydrogens is 304 g/mol. The van der Waals surface area contributed by atoms with Gasteiger partial charge in [-0.1, -0.05) is 42.5 Å². The Kier molecular flexibility index (Phi) is 6.25. The largest absolute Gasteiger partial charge is 0.340 e. The number of amides is 1. The predicted octanol–water partition coefficient (Wildman–Crippen LogP) is 3.84. The number of carbonyl (C=O) groups excluding carboxylic acids is 1. The second kappa shape index (κ2) is 8.40. The molecule has 0 saturated heterocycles. The molecule has 0 saturated carbocycles. The van der Waals surface area contributed by atoms with Crippen molar-refractivity contribution >= 4 is 17.7 Å². The van der Waals surface area contributed by atoms with E-state index in [1.165, 1.54) is 5.56 Å². The van der Waals surface area contributed by atoms with Crippen LogP contribution in [-0.4, -0.2) is 23.1 Å². The zero-order valence-electron chi connectivity index (χ0n) is 13.4. The van der Waals surface area contributed by atoms with Crippen LogP contribution < -0.4 is 0 Å². The maximum atomic E-state index is 12.5. The maximum Gasteiger partial charge on any atom is 0.235 e. The van der Waals surface area contributed by atoms with Gasteiger partial charge < -0.3 is 4.90 Å². The van der Waals surface area contributed by atoms with Crippen molar-refractivity contribution in [2.75, 3.05) is 7.05 Å². The molecule has 118 valence electrons. The van der Waals surface area contributed by atoms with Crippen LogP contribution in [0, 0.1) is 11.3 Å². The zero-order valence-corrected chi connectivity index (χ0v) is 14.2. The molecule has 0 bridgehead atoms. The molecule has 3 nitrogen and oxygen atoms in total. The Morgan fingerprint density at radius 3 is 2.57 bits per heavy atom. The summed E-state index contributed by atoms with van der Waals surface area (Å²) in [7, 11) is 1.81. The number of benzene rings is 2. The molecule has 0 radical (unpaired) electrons. The number of hydrogen-bond donors (Lipinski definition) is 0. The van der Waals surface area contributed by atoms with Gasteiger partial charge in [-0.25, -0.2) is 0 Å². The third kappa shape index (κ3) is 5.15. The summed E-state index contributed by atoms with van der Waals surface area (Å²) in [4.78, 5) is 14.2. The van der Waals surface area contributed by atoms with Crippen molar-refractivity contribution in [1.82, 2.24) is 4.90 Å². The molecule has 2 rings (SSSR count). The lowest BCUT2D eigenvalue weighted by atomic mass is 10.1. The van der Waals surface area contributed by atoms with Crippen molar-refractivity contribution in [1.29, 1.82) is 5.26 Å².